The summed E-state index contributed by atoms with van der Waals surface area (Å²) < 4.78 is 6.87. The number of aryl methyl sites for hydroxylation is 1. The molecule has 0 saturated carbocycles. The van der Waals surface area contributed by atoms with Crippen molar-refractivity contribution in [2.24, 2.45) is 0 Å². The van der Waals surface area contributed by atoms with Crippen molar-refractivity contribution in [1.29, 1.82) is 0 Å². The number of benzene rings is 3. The molecule has 0 aliphatic rings. The first-order valence-electron chi connectivity index (χ1n) is 11.8. The van der Waals surface area contributed by atoms with Crippen molar-refractivity contribution in [3.63, 3.8) is 0 Å². The molecule has 0 aliphatic carbocycles. The number of methoxy groups -OCH3 is 1. The topological polar surface area (TPSA) is 60.2 Å². The van der Waals surface area contributed by atoms with Crippen LogP contribution in [0.5, 0.6) is 5.75 Å². The maximum atomic E-state index is 14.0. The van der Waals surface area contributed by atoms with E-state index in [9.17, 15) is 4.79 Å². The molecular formula is C29H25ClN4O2S. The summed E-state index contributed by atoms with van der Waals surface area (Å²) in [5.41, 5.74) is 4.61. The number of para-hydroxylation sites is 1. The fraction of sp³-hybridized carbons (Fsp3) is 0.138. The Morgan fingerprint density at radius 1 is 1.00 bits per heavy atom. The molecule has 3 aromatic carbocycles. The van der Waals surface area contributed by atoms with Crippen LogP contribution in [0.25, 0.3) is 16.9 Å². The van der Waals surface area contributed by atoms with E-state index in [-0.39, 0.29) is 11.1 Å². The molecule has 0 fully saturated rings. The van der Waals surface area contributed by atoms with Gasteiger partial charge in [-0.1, -0.05) is 60.1 Å². The molecule has 37 heavy (non-hydrogen) atoms. The standard InChI is InChI=1S/C29H25ClN4O2S/c1-20-26(27(30)34(32-20)23-11-7-4-8-12-23)28(35)33(18-17-21-9-5-3-6-10-21)29-31-25(19-37-29)22-13-15-24(36-2)16-14-22/h3-16,19H,17-18H2,1-2H3. The van der Waals surface area contributed by atoms with Gasteiger partial charge in [-0.05, 0) is 55.3 Å². The van der Waals surface area contributed by atoms with Gasteiger partial charge < -0.3 is 4.74 Å². The Hall–Kier alpha value is -3.94. The Labute approximate surface area is 224 Å². The molecule has 5 rings (SSSR count). The van der Waals surface area contributed by atoms with Gasteiger partial charge in [0.05, 0.1) is 24.2 Å². The monoisotopic (exact) mass is 528 g/mol. The third-order valence-electron chi connectivity index (χ3n) is 6.04. The SMILES string of the molecule is COc1ccc(-c2csc(N(CCc3ccccc3)C(=O)c3c(C)nn(-c4ccccc4)c3Cl)n2)cc1. The van der Waals surface area contributed by atoms with Crippen molar-refractivity contribution in [3.8, 4) is 22.7 Å². The van der Waals surface area contributed by atoms with E-state index < -0.39 is 0 Å². The van der Waals surface area contributed by atoms with Crippen molar-refractivity contribution in [2.75, 3.05) is 18.6 Å². The van der Waals surface area contributed by atoms with E-state index in [0.29, 0.717) is 29.4 Å². The molecule has 1 amide bonds. The Kier molecular flexibility index (Phi) is 7.35. The van der Waals surface area contributed by atoms with Crippen molar-refractivity contribution in [2.45, 2.75) is 13.3 Å². The Morgan fingerprint density at radius 3 is 2.35 bits per heavy atom. The molecule has 0 radical (unpaired) electrons. The van der Waals surface area contributed by atoms with Gasteiger partial charge in [0.2, 0.25) is 0 Å². The minimum atomic E-state index is -0.226. The highest BCUT2D eigenvalue weighted by Crippen LogP contribution is 2.32. The number of anilines is 1. The number of nitrogens with zero attached hydrogens (tertiary/aromatic N) is 4. The van der Waals surface area contributed by atoms with Crippen molar-refractivity contribution in [1.82, 2.24) is 14.8 Å². The molecule has 8 heteroatoms. The predicted molar refractivity (Wildman–Crippen MR) is 149 cm³/mol. The summed E-state index contributed by atoms with van der Waals surface area (Å²) in [6.45, 7) is 2.25. The molecule has 0 bridgehead atoms. The predicted octanol–water partition coefficient (Wildman–Crippen LogP) is 6.86. The fourth-order valence-corrected chi connectivity index (χ4v) is 5.28. The first-order valence-corrected chi connectivity index (χ1v) is 13.1. The average Bonchev–Trinajstić information content (AvgIpc) is 3.54. The highest BCUT2D eigenvalue weighted by atomic mass is 35.5. The smallest absolute Gasteiger partial charge is 0.265 e. The first kappa shape index (κ1) is 24.7. The summed E-state index contributed by atoms with van der Waals surface area (Å²) in [7, 11) is 1.64. The highest BCUT2D eigenvalue weighted by Gasteiger charge is 2.28. The van der Waals surface area contributed by atoms with E-state index in [1.165, 1.54) is 11.3 Å². The number of hydrogen-bond acceptors (Lipinski definition) is 5. The van der Waals surface area contributed by atoms with Crippen molar-refractivity contribution in [3.05, 3.63) is 112 Å². The van der Waals surface area contributed by atoms with E-state index in [1.807, 2.05) is 78.2 Å². The van der Waals surface area contributed by atoms with Gasteiger partial charge in [-0.15, -0.1) is 11.3 Å². The number of carbonyl (C=O) groups is 1. The Bertz CT molecular complexity index is 1500. The second kappa shape index (κ2) is 11.0. The number of rotatable bonds is 8. The lowest BCUT2D eigenvalue weighted by atomic mass is 10.1. The molecular weight excluding hydrogens is 504 g/mol. The number of ether oxygens (including phenoxy) is 1. The number of amides is 1. The molecule has 2 heterocycles. The van der Waals surface area contributed by atoms with Gasteiger partial charge in [0.25, 0.3) is 5.91 Å². The normalized spacial score (nSPS) is 10.9. The quantitative estimate of drug-likeness (QED) is 0.221. The summed E-state index contributed by atoms with van der Waals surface area (Å²) in [4.78, 5) is 20.6. The van der Waals surface area contributed by atoms with Crippen LogP contribution in [0, 0.1) is 6.92 Å². The summed E-state index contributed by atoms with van der Waals surface area (Å²) in [5.74, 6) is 0.552. The molecule has 0 unspecified atom stereocenters. The highest BCUT2D eigenvalue weighted by molar-refractivity contribution is 7.14. The summed E-state index contributed by atoms with van der Waals surface area (Å²) >= 11 is 8.19. The average molecular weight is 529 g/mol. The zero-order valence-corrected chi connectivity index (χ0v) is 22.0. The van der Waals surface area contributed by atoms with Crippen LogP contribution in [0.3, 0.4) is 0 Å². The van der Waals surface area contributed by atoms with Gasteiger partial charge in [0.15, 0.2) is 5.13 Å². The van der Waals surface area contributed by atoms with Crippen molar-refractivity contribution >= 4 is 34.0 Å². The second-order valence-electron chi connectivity index (χ2n) is 8.43. The number of aromatic nitrogens is 3. The second-order valence-corrected chi connectivity index (χ2v) is 9.63. The van der Waals surface area contributed by atoms with Gasteiger partial charge in [0.1, 0.15) is 16.5 Å². The Morgan fingerprint density at radius 2 is 1.68 bits per heavy atom. The van der Waals surface area contributed by atoms with E-state index in [2.05, 4.69) is 17.2 Å². The first-order chi connectivity index (χ1) is 18.0. The number of hydrogen-bond donors (Lipinski definition) is 0. The van der Waals surface area contributed by atoms with E-state index >= 15 is 0 Å². The van der Waals surface area contributed by atoms with Crippen LogP contribution in [-0.2, 0) is 6.42 Å². The lowest BCUT2D eigenvalue weighted by molar-refractivity contribution is 0.0986. The van der Waals surface area contributed by atoms with Gasteiger partial charge in [-0.3, -0.25) is 9.69 Å². The van der Waals surface area contributed by atoms with E-state index in [1.54, 1.807) is 23.6 Å². The molecule has 0 aliphatic heterocycles. The summed E-state index contributed by atoms with van der Waals surface area (Å²) in [6, 6.07) is 27.3. The van der Waals surface area contributed by atoms with Crippen LogP contribution in [0.2, 0.25) is 5.15 Å². The molecule has 0 N–H and O–H groups in total. The van der Waals surface area contributed by atoms with Gasteiger partial charge in [0, 0.05) is 17.5 Å². The largest absolute Gasteiger partial charge is 0.497 e. The minimum Gasteiger partial charge on any atom is -0.497 e. The minimum absolute atomic E-state index is 0.226. The lowest BCUT2D eigenvalue weighted by Crippen LogP contribution is -2.33. The summed E-state index contributed by atoms with van der Waals surface area (Å²) in [6.07, 6.45) is 0.674. The van der Waals surface area contributed by atoms with Crippen LogP contribution in [0.1, 0.15) is 21.6 Å². The van der Waals surface area contributed by atoms with E-state index in [4.69, 9.17) is 21.3 Å². The zero-order chi connectivity index (χ0) is 25.8. The molecule has 5 aromatic rings. The molecule has 2 aromatic heterocycles. The van der Waals surface area contributed by atoms with Gasteiger partial charge >= 0.3 is 0 Å². The van der Waals surface area contributed by atoms with Gasteiger partial charge in [-0.2, -0.15) is 5.10 Å². The molecule has 0 atom stereocenters. The molecule has 0 saturated heterocycles. The number of carbonyl (C=O) groups excluding carboxylic acids is 1. The number of thiazole rings is 1. The van der Waals surface area contributed by atoms with Gasteiger partial charge in [-0.25, -0.2) is 9.67 Å². The van der Waals surface area contributed by atoms with Crippen LogP contribution >= 0.6 is 22.9 Å². The van der Waals surface area contributed by atoms with Crippen molar-refractivity contribution < 1.29 is 9.53 Å². The molecule has 0 spiro atoms. The lowest BCUT2D eigenvalue weighted by Gasteiger charge is -2.20. The molecule has 6 nitrogen and oxygen atoms in total. The Balaban J connectivity index is 1.50. The zero-order valence-electron chi connectivity index (χ0n) is 20.5. The summed E-state index contributed by atoms with van der Waals surface area (Å²) in [5, 5.41) is 7.42. The maximum absolute atomic E-state index is 14.0. The van der Waals surface area contributed by atoms with Crippen LogP contribution in [0.15, 0.2) is 90.3 Å². The third-order valence-corrected chi connectivity index (χ3v) is 7.25. The fourth-order valence-electron chi connectivity index (χ4n) is 4.07. The van der Waals surface area contributed by atoms with Crippen LogP contribution in [0.4, 0.5) is 5.13 Å². The molecule has 186 valence electrons. The third kappa shape index (κ3) is 5.28. The number of halogens is 1. The van der Waals surface area contributed by atoms with E-state index in [0.717, 1.165) is 28.3 Å². The van der Waals surface area contributed by atoms with Crippen LogP contribution in [-0.4, -0.2) is 34.3 Å². The maximum Gasteiger partial charge on any atom is 0.265 e. The van der Waals surface area contributed by atoms with Crippen LogP contribution < -0.4 is 9.64 Å².